The molecule has 1 amide bonds. The van der Waals surface area contributed by atoms with Crippen molar-refractivity contribution in [2.45, 2.75) is 6.54 Å². The van der Waals surface area contributed by atoms with Crippen molar-refractivity contribution in [2.75, 3.05) is 13.7 Å². The van der Waals surface area contributed by atoms with Gasteiger partial charge in [-0.25, -0.2) is 0 Å². The van der Waals surface area contributed by atoms with Crippen LogP contribution in [0.25, 0.3) is 0 Å². The third-order valence-electron chi connectivity index (χ3n) is 3.71. The van der Waals surface area contributed by atoms with Crippen LogP contribution in [0.15, 0.2) is 76.3 Å². The molecule has 0 spiro atoms. The Kier molecular flexibility index (Phi) is 6.25. The summed E-state index contributed by atoms with van der Waals surface area (Å²) in [6.45, 7) is 0.285. The van der Waals surface area contributed by atoms with Crippen LogP contribution in [0.4, 0.5) is 5.69 Å². The van der Waals surface area contributed by atoms with E-state index in [1.807, 2.05) is 36.4 Å². The van der Waals surface area contributed by atoms with E-state index in [0.29, 0.717) is 18.1 Å². The van der Waals surface area contributed by atoms with Crippen LogP contribution < -0.4 is 14.8 Å². The summed E-state index contributed by atoms with van der Waals surface area (Å²) in [6, 6.07) is 18.4. The molecule has 6 heteroatoms. The van der Waals surface area contributed by atoms with E-state index in [9.17, 15) is 4.79 Å². The molecule has 0 saturated carbocycles. The number of hydrogen-bond acceptors (Lipinski definition) is 5. The fourth-order valence-corrected chi connectivity index (χ4v) is 2.29. The van der Waals surface area contributed by atoms with E-state index in [0.717, 1.165) is 17.0 Å². The molecule has 0 radical (unpaired) electrons. The number of carbonyl (C=O) groups excluding carboxylic acids is 1. The average Bonchev–Trinajstić information content (AvgIpc) is 3.24. The maximum atomic E-state index is 11.8. The summed E-state index contributed by atoms with van der Waals surface area (Å²) in [5.74, 6) is 1.86. The number of hydrogen-bond donors (Lipinski definition) is 1. The van der Waals surface area contributed by atoms with Gasteiger partial charge in [-0.2, -0.15) is 0 Å². The first-order chi connectivity index (χ1) is 13.2. The lowest BCUT2D eigenvalue weighted by atomic mass is 10.2. The van der Waals surface area contributed by atoms with E-state index in [2.05, 4.69) is 10.3 Å². The second-order valence-corrected chi connectivity index (χ2v) is 5.67. The second-order valence-electron chi connectivity index (χ2n) is 5.67. The van der Waals surface area contributed by atoms with Crippen LogP contribution in [0.1, 0.15) is 11.3 Å². The SMILES string of the molecule is COc1cccc(N=Cc2ccc(OCC(=O)NCc3ccco3)cc2)c1. The highest BCUT2D eigenvalue weighted by atomic mass is 16.5. The molecule has 6 nitrogen and oxygen atoms in total. The van der Waals surface area contributed by atoms with Crippen LogP contribution in [-0.4, -0.2) is 25.8 Å². The molecule has 1 aromatic heterocycles. The van der Waals surface area contributed by atoms with Crippen molar-refractivity contribution in [3.05, 3.63) is 78.3 Å². The third kappa shape index (κ3) is 5.74. The van der Waals surface area contributed by atoms with Crippen LogP contribution >= 0.6 is 0 Å². The Labute approximate surface area is 157 Å². The van der Waals surface area contributed by atoms with Crippen molar-refractivity contribution in [1.82, 2.24) is 5.32 Å². The van der Waals surface area contributed by atoms with Crippen molar-refractivity contribution >= 4 is 17.8 Å². The van der Waals surface area contributed by atoms with Crippen LogP contribution in [-0.2, 0) is 11.3 Å². The van der Waals surface area contributed by atoms with Crippen molar-refractivity contribution in [2.24, 2.45) is 4.99 Å². The van der Waals surface area contributed by atoms with Gasteiger partial charge in [0, 0.05) is 12.3 Å². The third-order valence-corrected chi connectivity index (χ3v) is 3.71. The fraction of sp³-hybridized carbons (Fsp3) is 0.143. The molecular weight excluding hydrogens is 344 g/mol. The molecular formula is C21H20N2O4. The summed E-state index contributed by atoms with van der Waals surface area (Å²) < 4.78 is 15.8. The number of methoxy groups -OCH3 is 1. The second kappa shape index (κ2) is 9.24. The van der Waals surface area contributed by atoms with Gasteiger partial charge in [-0.15, -0.1) is 0 Å². The van der Waals surface area contributed by atoms with Gasteiger partial charge in [-0.3, -0.25) is 9.79 Å². The number of rotatable bonds is 8. The number of ether oxygens (including phenoxy) is 2. The fourth-order valence-electron chi connectivity index (χ4n) is 2.29. The summed E-state index contributed by atoms with van der Waals surface area (Å²) in [4.78, 5) is 16.2. The molecule has 27 heavy (non-hydrogen) atoms. The predicted octanol–water partition coefficient (Wildman–Crippen LogP) is 3.73. The number of carbonyl (C=O) groups is 1. The minimum Gasteiger partial charge on any atom is -0.497 e. The number of benzene rings is 2. The van der Waals surface area contributed by atoms with Gasteiger partial charge in [0.15, 0.2) is 6.61 Å². The van der Waals surface area contributed by atoms with Crippen LogP contribution in [0, 0.1) is 0 Å². The zero-order valence-corrected chi connectivity index (χ0v) is 14.9. The molecule has 1 heterocycles. The highest BCUT2D eigenvalue weighted by molar-refractivity contribution is 5.82. The summed E-state index contributed by atoms with van der Waals surface area (Å²) in [7, 11) is 1.62. The molecule has 0 aliphatic carbocycles. The molecule has 0 atom stereocenters. The largest absolute Gasteiger partial charge is 0.497 e. The van der Waals surface area contributed by atoms with Crippen molar-refractivity contribution < 1.29 is 18.7 Å². The van der Waals surface area contributed by atoms with Gasteiger partial charge in [0.2, 0.25) is 0 Å². The highest BCUT2D eigenvalue weighted by Crippen LogP contribution is 2.19. The quantitative estimate of drug-likeness (QED) is 0.618. The average molecular weight is 364 g/mol. The molecule has 2 aromatic carbocycles. The monoisotopic (exact) mass is 364 g/mol. The minimum absolute atomic E-state index is 0.0576. The Hall–Kier alpha value is -3.54. The summed E-state index contributed by atoms with van der Waals surface area (Å²) in [5.41, 5.74) is 1.73. The number of furan rings is 1. The summed E-state index contributed by atoms with van der Waals surface area (Å²) in [6.07, 6.45) is 3.33. The molecule has 0 bridgehead atoms. The zero-order valence-electron chi connectivity index (χ0n) is 14.9. The maximum absolute atomic E-state index is 11.8. The van der Waals surface area contributed by atoms with Crippen molar-refractivity contribution in [3.63, 3.8) is 0 Å². The van der Waals surface area contributed by atoms with Crippen LogP contribution in [0.5, 0.6) is 11.5 Å². The Balaban J connectivity index is 1.48. The summed E-state index contributed by atoms with van der Waals surface area (Å²) >= 11 is 0. The Morgan fingerprint density at radius 1 is 1.11 bits per heavy atom. The standard InChI is InChI=1S/C21H20N2O4/c1-25-19-5-2-4-17(12-19)22-13-16-7-9-18(10-8-16)27-15-21(24)23-14-20-6-3-11-26-20/h2-13H,14-15H2,1H3,(H,23,24). The lowest BCUT2D eigenvalue weighted by Gasteiger charge is -2.06. The Bertz CT molecular complexity index is 887. The minimum atomic E-state index is -0.213. The molecule has 0 unspecified atom stereocenters. The van der Waals surface area contributed by atoms with Gasteiger partial charge >= 0.3 is 0 Å². The normalized spacial score (nSPS) is 10.7. The smallest absolute Gasteiger partial charge is 0.258 e. The molecule has 0 saturated heterocycles. The van der Waals surface area contributed by atoms with E-state index in [1.165, 1.54) is 0 Å². The predicted molar refractivity (Wildman–Crippen MR) is 103 cm³/mol. The van der Waals surface area contributed by atoms with Gasteiger partial charge in [0.1, 0.15) is 17.3 Å². The van der Waals surface area contributed by atoms with Gasteiger partial charge in [0.05, 0.1) is 25.6 Å². The lowest BCUT2D eigenvalue weighted by Crippen LogP contribution is -2.28. The molecule has 3 aromatic rings. The van der Waals surface area contributed by atoms with E-state index < -0.39 is 0 Å². The summed E-state index contributed by atoms with van der Waals surface area (Å²) in [5, 5.41) is 2.73. The van der Waals surface area contributed by atoms with Gasteiger partial charge in [0.25, 0.3) is 5.91 Å². The van der Waals surface area contributed by atoms with E-state index in [1.54, 1.807) is 43.9 Å². The van der Waals surface area contributed by atoms with Gasteiger partial charge in [-0.05, 0) is 54.1 Å². The molecule has 1 N–H and O–H groups in total. The van der Waals surface area contributed by atoms with Crippen LogP contribution in [0.3, 0.4) is 0 Å². The van der Waals surface area contributed by atoms with E-state index >= 15 is 0 Å². The first-order valence-electron chi connectivity index (χ1n) is 8.43. The van der Waals surface area contributed by atoms with E-state index in [-0.39, 0.29) is 12.5 Å². The number of amides is 1. The van der Waals surface area contributed by atoms with Crippen molar-refractivity contribution in [1.29, 1.82) is 0 Å². The number of nitrogens with one attached hydrogen (secondary N) is 1. The Morgan fingerprint density at radius 2 is 1.96 bits per heavy atom. The molecule has 138 valence electrons. The number of aliphatic imine (C=N–C) groups is 1. The Morgan fingerprint density at radius 3 is 2.70 bits per heavy atom. The van der Waals surface area contributed by atoms with Gasteiger partial charge in [-0.1, -0.05) is 6.07 Å². The highest BCUT2D eigenvalue weighted by Gasteiger charge is 2.04. The molecule has 0 aliphatic heterocycles. The number of nitrogens with zero attached hydrogens (tertiary/aromatic N) is 1. The lowest BCUT2D eigenvalue weighted by molar-refractivity contribution is -0.123. The molecule has 0 fully saturated rings. The van der Waals surface area contributed by atoms with Crippen LogP contribution in [0.2, 0.25) is 0 Å². The van der Waals surface area contributed by atoms with Gasteiger partial charge < -0.3 is 19.2 Å². The zero-order chi connectivity index (χ0) is 18.9. The first-order valence-corrected chi connectivity index (χ1v) is 8.43. The van der Waals surface area contributed by atoms with Crippen molar-refractivity contribution in [3.8, 4) is 11.5 Å². The topological polar surface area (TPSA) is 73.1 Å². The first kappa shape index (κ1) is 18.3. The molecule has 0 aliphatic rings. The molecule has 3 rings (SSSR count). The maximum Gasteiger partial charge on any atom is 0.258 e. The van der Waals surface area contributed by atoms with E-state index in [4.69, 9.17) is 13.9 Å².